The minimum absolute atomic E-state index is 0.616. The van der Waals surface area contributed by atoms with Gasteiger partial charge in [-0.2, -0.15) is 4.68 Å². The molecule has 0 aliphatic carbocycles. The lowest BCUT2D eigenvalue weighted by atomic mass is 10.3. The molecule has 1 fully saturated rings. The van der Waals surface area contributed by atoms with E-state index < -0.39 is 0 Å². The Bertz CT molecular complexity index is 553. The van der Waals surface area contributed by atoms with Crippen LogP contribution in [-0.2, 0) is 0 Å². The second-order valence-corrected chi connectivity index (χ2v) is 4.77. The molecule has 1 aliphatic heterocycles. The van der Waals surface area contributed by atoms with Crippen LogP contribution in [0.25, 0.3) is 5.82 Å². The van der Waals surface area contributed by atoms with E-state index >= 15 is 0 Å². The molecule has 19 heavy (non-hydrogen) atoms. The Labute approximate surface area is 112 Å². The molecule has 3 N–H and O–H groups in total. The van der Waals surface area contributed by atoms with E-state index in [2.05, 4.69) is 20.3 Å². The number of pyridine rings is 1. The van der Waals surface area contributed by atoms with Crippen LogP contribution in [0.5, 0.6) is 0 Å². The molecule has 0 spiro atoms. The standard InChI is InChI=1S/C13H18N6/c1-10-2-3-12(16-9-10)19-11(14)8-13(17-19)18-6-4-15-5-7-18/h2-3,8-9,15H,4-7,14H2,1H3. The van der Waals surface area contributed by atoms with Crippen molar-refractivity contribution in [2.24, 2.45) is 0 Å². The van der Waals surface area contributed by atoms with Crippen molar-refractivity contribution in [1.82, 2.24) is 20.1 Å². The van der Waals surface area contributed by atoms with Crippen molar-refractivity contribution in [3.8, 4) is 5.82 Å². The van der Waals surface area contributed by atoms with Gasteiger partial charge in [0.1, 0.15) is 5.82 Å². The molecule has 0 saturated carbocycles. The molecule has 1 saturated heterocycles. The predicted octanol–water partition coefficient (Wildman–Crippen LogP) is 0.568. The fourth-order valence-electron chi connectivity index (χ4n) is 2.20. The van der Waals surface area contributed by atoms with Crippen molar-refractivity contribution in [3.63, 3.8) is 0 Å². The molecule has 6 heteroatoms. The number of anilines is 2. The lowest BCUT2D eigenvalue weighted by Crippen LogP contribution is -2.43. The summed E-state index contributed by atoms with van der Waals surface area (Å²) in [5.41, 5.74) is 7.16. The molecular weight excluding hydrogens is 240 g/mol. The number of nitrogen functional groups attached to an aromatic ring is 1. The quantitative estimate of drug-likeness (QED) is 0.824. The molecule has 0 radical (unpaired) electrons. The average Bonchev–Trinajstić information content (AvgIpc) is 2.83. The van der Waals surface area contributed by atoms with E-state index in [0.29, 0.717) is 5.82 Å². The van der Waals surface area contributed by atoms with Crippen LogP contribution < -0.4 is 16.0 Å². The molecule has 0 unspecified atom stereocenters. The first kappa shape index (κ1) is 12.0. The topological polar surface area (TPSA) is 72.0 Å². The molecule has 3 heterocycles. The second-order valence-electron chi connectivity index (χ2n) is 4.77. The van der Waals surface area contributed by atoms with E-state index in [1.165, 1.54) is 0 Å². The second kappa shape index (κ2) is 4.89. The third-order valence-electron chi connectivity index (χ3n) is 3.28. The van der Waals surface area contributed by atoms with E-state index in [1.807, 2.05) is 31.3 Å². The zero-order valence-electron chi connectivity index (χ0n) is 11.0. The minimum atomic E-state index is 0.616. The third-order valence-corrected chi connectivity index (χ3v) is 3.28. The first-order valence-corrected chi connectivity index (χ1v) is 6.48. The van der Waals surface area contributed by atoms with Gasteiger partial charge in [0.15, 0.2) is 11.6 Å². The summed E-state index contributed by atoms with van der Waals surface area (Å²) in [7, 11) is 0. The lowest BCUT2D eigenvalue weighted by molar-refractivity contribution is 0.583. The average molecular weight is 258 g/mol. The monoisotopic (exact) mass is 258 g/mol. The first-order valence-electron chi connectivity index (χ1n) is 6.48. The fourth-order valence-corrected chi connectivity index (χ4v) is 2.20. The number of nitrogens with one attached hydrogen (secondary N) is 1. The number of aromatic nitrogens is 3. The van der Waals surface area contributed by atoms with E-state index in [-0.39, 0.29) is 0 Å². The predicted molar refractivity (Wildman–Crippen MR) is 75.6 cm³/mol. The van der Waals surface area contributed by atoms with E-state index in [4.69, 9.17) is 5.73 Å². The molecular formula is C13H18N6. The highest BCUT2D eigenvalue weighted by molar-refractivity contribution is 5.51. The highest BCUT2D eigenvalue weighted by Gasteiger charge is 2.15. The van der Waals surface area contributed by atoms with Gasteiger partial charge in [-0.3, -0.25) is 0 Å². The van der Waals surface area contributed by atoms with Gasteiger partial charge < -0.3 is 16.0 Å². The zero-order valence-corrected chi connectivity index (χ0v) is 11.0. The maximum Gasteiger partial charge on any atom is 0.155 e. The molecule has 2 aromatic rings. The van der Waals surface area contributed by atoms with Gasteiger partial charge in [-0.1, -0.05) is 6.07 Å². The largest absolute Gasteiger partial charge is 0.383 e. The summed E-state index contributed by atoms with van der Waals surface area (Å²) in [6.45, 7) is 5.88. The number of piperazine rings is 1. The summed E-state index contributed by atoms with van der Waals surface area (Å²) in [5, 5.41) is 7.88. The Kier molecular flexibility index (Phi) is 3.08. The Balaban J connectivity index is 1.90. The molecule has 0 bridgehead atoms. The SMILES string of the molecule is Cc1ccc(-n2nc(N3CCNCC3)cc2N)nc1. The third kappa shape index (κ3) is 2.39. The Morgan fingerprint density at radius 3 is 2.68 bits per heavy atom. The van der Waals surface area contributed by atoms with Gasteiger partial charge in [-0.15, -0.1) is 5.10 Å². The van der Waals surface area contributed by atoms with Crippen molar-refractivity contribution >= 4 is 11.6 Å². The molecule has 0 amide bonds. The van der Waals surface area contributed by atoms with Gasteiger partial charge in [-0.25, -0.2) is 4.98 Å². The maximum absolute atomic E-state index is 6.04. The molecule has 1 aliphatic rings. The van der Waals surface area contributed by atoms with Crippen LogP contribution in [0.2, 0.25) is 0 Å². The first-order chi connectivity index (χ1) is 9.24. The summed E-state index contributed by atoms with van der Waals surface area (Å²) in [6.07, 6.45) is 1.82. The van der Waals surface area contributed by atoms with Crippen molar-refractivity contribution in [2.45, 2.75) is 6.92 Å². The van der Waals surface area contributed by atoms with Gasteiger partial charge in [-0.05, 0) is 18.6 Å². The van der Waals surface area contributed by atoms with Gasteiger partial charge in [0.25, 0.3) is 0 Å². The molecule has 2 aromatic heterocycles. The van der Waals surface area contributed by atoms with Crippen molar-refractivity contribution < 1.29 is 0 Å². The molecule has 100 valence electrons. The summed E-state index contributed by atoms with van der Waals surface area (Å²) in [4.78, 5) is 6.59. The number of hydrogen-bond donors (Lipinski definition) is 2. The van der Waals surface area contributed by atoms with E-state index in [1.54, 1.807) is 4.68 Å². The van der Waals surface area contributed by atoms with Crippen LogP contribution in [-0.4, -0.2) is 40.9 Å². The summed E-state index contributed by atoms with van der Waals surface area (Å²) in [5.74, 6) is 2.29. The Morgan fingerprint density at radius 1 is 1.21 bits per heavy atom. The van der Waals surface area contributed by atoms with Crippen molar-refractivity contribution in [2.75, 3.05) is 36.8 Å². The normalized spacial score (nSPS) is 15.7. The highest BCUT2D eigenvalue weighted by atomic mass is 15.4. The number of aryl methyl sites for hydroxylation is 1. The minimum Gasteiger partial charge on any atom is -0.383 e. The highest BCUT2D eigenvalue weighted by Crippen LogP contribution is 2.19. The maximum atomic E-state index is 6.04. The smallest absolute Gasteiger partial charge is 0.155 e. The molecule has 3 rings (SSSR count). The zero-order chi connectivity index (χ0) is 13.2. The van der Waals surface area contributed by atoms with Gasteiger partial charge in [0.05, 0.1) is 0 Å². The van der Waals surface area contributed by atoms with Gasteiger partial charge in [0.2, 0.25) is 0 Å². The van der Waals surface area contributed by atoms with Crippen LogP contribution in [0.3, 0.4) is 0 Å². The lowest BCUT2D eigenvalue weighted by Gasteiger charge is -2.26. The summed E-state index contributed by atoms with van der Waals surface area (Å²) >= 11 is 0. The number of nitrogens with zero attached hydrogens (tertiary/aromatic N) is 4. The van der Waals surface area contributed by atoms with Gasteiger partial charge >= 0.3 is 0 Å². The molecule has 0 atom stereocenters. The van der Waals surface area contributed by atoms with Crippen LogP contribution in [0.4, 0.5) is 11.6 Å². The van der Waals surface area contributed by atoms with Crippen LogP contribution in [0.1, 0.15) is 5.56 Å². The van der Waals surface area contributed by atoms with Crippen LogP contribution in [0, 0.1) is 6.92 Å². The molecule has 6 nitrogen and oxygen atoms in total. The van der Waals surface area contributed by atoms with E-state index in [0.717, 1.165) is 43.4 Å². The van der Waals surface area contributed by atoms with Crippen molar-refractivity contribution in [3.05, 3.63) is 30.0 Å². The fraction of sp³-hybridized carbons (Fsp3) is 0.385. The van der Waals surface area contributed by atoms with Gasteiger partial charge in [0, 0.05) is 38.4 Å². The molecule has 0 aromatic carbocycles. The van der Waals surface area contributed by atoms with Crippen LogP contribution in [0.15, 0.2) is 24.4 Å². The van der Waals surface area contributed by atoms with Crippen LogP contribution >= 0.6 is 0 Å². The Hall–Kier alpha value is -2.08. The summed E-state index contributed by atoms with van der Waals surface area (Å²) < 4.78 is 1.69. The van der Waals surface area contributed by atoms with E-state index in [9.17, 15) is 0 Å². The number of rotatable bonds is 2. The van der Waals surface area contributed by atoms with Crippen molar-refractivity contribution in [1.29, 1.82) is 0 Å². The Morgan fingerprint density at radius 2 is 2.00 bits per heavy atom. The summed E-state index contributed by atoms with van der Waals surface area (Å²) in [6, 6.07) is 5.85. The number of hydrogen-bond acceptors (Lipinski definition) is 5. The number of nitrogens with two attached hydrogens (primary N) is 1.